The summed E-state index contributed by atoms with van der Waals surface area (Å²) in [7, 11) is 1.58. The molecule has 0 atom stereocenters. The lowest BCUT2D eigenvalue weighted by Crippen LogP contribution is -2.25. The van der Waals surface area contributed by atoms with Crippen LogP contribution in [-0.4, -0.2) is 19.6 Å². The van der Waals surface area contributed by atoms with Crippen LogP contribution in [0.4, 0.5) is 0 Å². The highest BCUT2D eigenvalue weighted by atomic mass is 16.5. The molecule has 0 fully saturated rings. The van der Waals surface area contributed by atoms with Crippen molar-refractivity contribution in [2.75, 3.05) is 13.7 Å². The SMILES string of the molecule is COCc1ccc(C(=O)NCCc2ccc(OCc3ccccc3)cc2)o1. The molecule has 0 aliphatic rings. The Morgan fingerprint density at radius 1 is 0.926 bits per heavy atom. The molecular formula is C22H23NO4. The number of benzene rings is 2. The van der Waals surface area contributed by atoms with Crippen LogP contribution in [0.1, 0.15) is 27.4 Å². The van der Waals surface area contributed by atoms with Gasteiger partial charge in [-0.1, -0.05) is 42.5 Å². The predicted molar refractivity (Wildman–Crippen MR) is 103 cm³/mol. The van der Waals surface area contributed by atoms with Gasteiger partial charge in [-0.3, -0.25) is 4.79 Å². The van der Waals surface area contributed by atoms with E-state index in [0.29, 0.717) is 31.3 Å². The third-order valence-corrected chi connectivity index (χ3v) is 4.04. The van der Waals surface area contributed by atoms with Gasteiger partial charge < -0.3 is 19.2 Å². The highest BCUT2D eigenvalue weighted by Gasteiger charge is 2.10. The van der Waals surface area contributed by atoms with Gasteiger partial charge >= 0.3 is 0 Å². The average molecular weight is 365 g/mol. The molecule has 0 spiro atoms. The molecule has 3 rings (SSSR count). The van der Waals surface area contributed by atoms with Gasteiger partial charge in [0.05, 0.1) is 0 Å². The van der Waals surface area contributed by atoms with Crippen LogP contribution in [0.5, 0.6) is 5.75 Å². The molecule has 0 radical (unpaired) electrons. The van der Waals surface area contributed by atoms with Crippen molar-refractivity contribution in [3.8, 4) is 5.75 Å². The summed E-state index contributed by atoms with van der Waals surface area (Å²) in [5, 5.41) is 2.86. The molecule has 1 N–H and O–H groups in total. The zero-order chi connectivity index (χ0) is 18.9. The lowest BCUT2D eigenvalue weighted by Gasteiger charge is -2.08. The van der Waals surface area contributed by atoms with E-state index in [0.717, 1.165) is 23.3 Å². The molecule has 1 heterocycles. The quantitative estimate of drug-likeness (QED) is 0.623. The molecule has 0 aliphatic carbocycles. The summed E-state index contributed by atoms with van der Waals surface area (Å²) in [4.78, 5) is 12.1. The number of hydrogen-bond acceptors (Lipinski definition) is 4. The number of hydrogen-bond donors (Lipinski definition) is 1. The Balaban J connectivity index is 1.42. The normalized spacial score (nSPS) is 10.6. The van der Waals surface area contributed by atoms with E-state index in [9.17, 15) is 4.79 Å². The molecule has 1 aromatic heterocycles. The van der Waals surface area contributed by atoms with Crippen LogP contribution in [0.2, 0.25) is 0 Å². The minimum absolute atomic E-state index is 0.222. The lowest BCUT2D eigenvalue weighted by atomic mass is 10.1. The summed E-state index contributed by atoms with van der Waals surface area (Å²) < 4.78 is 16.2. The molecular weight excluding hydrogens is 342 g/mol. The summed E-state index contributed by atoms with van der Waals surface area (Å²) in [6.07, 6.45) is 0.732. The summed E-state index contributed by atoms with van der Waals surface area (Å²) in [6, 6.07) is 21.4. The van der Waals surface area contributed by atoms with Crippen LogP contribution < -0.4 is 10.1 Å². The number of ether oxygens (including phenoxy) is 2. The van der Waals surface area contributed by atoms with E-state index in [1.54, 1.807) is 19.2 Å². The average Bonchev–Trinajstić information content (AvgIpc) is 3.17. The van der Waals surface area contributed by atoms with E-state index in [4.69, 9.17) is 13.9 Å². The maximum absolute atomic E-state index is 12.1. The molecule has 3 aromatic rings. The Hall–Kier alpha value is -3.05. The van der Waals surface area contributed by atoms with Gasteiger partial charge in [0.15, 0.2) is 5.76 Å². The second-order valence-electron chi connectivity index (χ2n) is 6.12. The highest BCUT2D eigenvalue weighted by Crippen LogP contribution is 2.14. The molecule has 0 saturated carbocycles. The van der Waals surface area contributed by atoms with Gasteiger partial charge in [0.1, 0.15) is 24.7 Å². The second-order valence-corrected chi connectivity index (χ2v) is 6.12. The number of amides is 1. The minimum Gasteiger partial charge on any atom is -0.489 e. The Bertz CT molecular complexity index is 840. The summed E-state index contributed by atoms with van der Waals surface area (Å²) in [5.41, 5.74) is 2.26. The van der Waals surface area contributed by atoms with Gasteiger partial charge in [-0.2, -0.15) is 0 Å². The Morgan fingerprint density at radius 2 is 1.70 bits per heavy atom. The van der Waals surface area contributed by atoms with Crippen molar-refractivity contribution in [2.45, 2.75) is 19.6 Å². The number of rotatable bonds is 9. The molecule has 0 bridgehead atoms. The van der Waals surface area contributed by atoms with E-state index in [2.05, 4.69) is 5.32 Å². The van der Waals surface area contributed by atoms with E-state index in [1.165, 1.54) is 0 Å². The number of carbonyl (C=O) groups is 1. The molecule has 140 valence electrons. The molecule has 0 aliphatic heterocycles. The van der Waals surface area contributed by atoms with Gasteiger partial charge in [-0.05, 0) is 41.8 Å². The number of carbonyl (C=O) groups excluding carboxylic acids is 1. The molecule has 0 saturated heterocycles. The first-order valence-electron chi connectivity index (χ1n) is 8.86. The maximum atomic E-state index is 12.1. The monoisotopic (exact) mass is 365 g/mol. The number of furan rings is 1. The summed E-state index contributed by atoms with van der Waals surface area (Å²) in [6.45, 7) is 1.43. The van der Waals surface area contributed by atoms with Crippen LogP contribution in [-0.2, 0) is 24.4 Å². The molecule has 2 aromatic carbocycles. The summed E-state index contributed by atoms with van der Waals surface area (Å²) >= 11 is 0. The largest absolute Gasteiger partial charge is 0.489 e. The van der Waals surface area contributed by atoms with Crippen molar-refractivity contribution in [1.29, 1.82) is 0 Å². The number of methoxy groups -OCH3 is 1. The topological polar surface area (TPSA) is 60.7 Å². The first kappa shape index (κ1) is 18.7. The van der Waals surface area contributed by atoms with Crippen LogP contribution in [0.15, 0.2) is 71.1 Å². The van der Waals surface area contributed by atoms with Crippen molar-refractivity contribution in [1.82, 2.24) is 5.32 Å². The van der Waals surface area contributed by atoms with Gasteiger partial charge in [0.2, 0.25) is 0 Å². The van der Waals surface area contributed by atoms with E-state index < -0.39 is 0 Å². The predicted octanol–water partition coefficient (Wildman–Crippen LogP) is 3.98. The van der Waals surface area contributed by atoms with Crippen molar-refractivity contribution >= 4 is 5.91 Å². The molecule has 0 unspecified atom stereocenters. The second kappa shape index (κ2) is 9.59. The van der Waals surface area contributed by atoms with Crippen molar-refractivity contribution in [3.05, 3.63) is 89.4 Å². The zero-order valence-corrected chi connectivity index (χ0v) is 15.3. The fraction of sp³-hybridized carbons (Fsp3) is 0.227. The molecule has 27 heavy (non-hydrogen) atoms. The molecule has 1 amide bonds. The van der Waals surface area contributed by atoms with Crippen LogP contribution >= 0.6 is 0 Å². The van der Waals surface area contributed by atoms with E-state index in [1.807, 2.05) is 54.6 Å². The third-order valence-electron chi connectivity index (χ3n) is 4.04. The van der Waals surface area contributed by atoms with E-state index >= 15 is 0 Å². The third kappa shape index (κ3) is 5.72. The van der Waals surface area contributed by atoms with Gasteiger partial charge in [-0.25, -0.2) is 0 Å². The lowest BCUT2D eigenvalue weighted by molar-refractivity contribution is 0.0917. The van der Waals surface area contributed by atoms with Crippen LogP contribution in [0, 0.1) is 0 Å². The summed E-state index contributed by atoms with van der Waals surface area (Å²) in [5.74, 6) is 1.54. The van der Waals surface area contributed by atoms with Crippen molar-refractivity contribution in [2.24, 2.45) is 0 Å². The Kier molecular flexibility index (Phi) is 6.66. The fourth-order valence-corrected chi connectivity index (χ4v) is 2.62. The first-order valence-corrected chi connectivity index (χ1v) is 8.86. The zero-order valence-electron chi connectivity index (χ0n) is 15.3. The van der Waals surface area contributed by atoms with Gasteiger partial charge in [0, 0.05) is 13.7 Å². The molecule has 5 nitrogen and oxygen atoms in total. The smallest absolute Gasteiger partial charge is 0.287 e. The van der Waals surface area contributed by atoms with Crippen LogP contribution in [0.25, 0.3) is 0 Å². The fourth-order valence-electron chi connectivity index (χ4n) is 2.62. The maximum Gasteiger partial charge on any atom is 0.287 e. The van der Waals surface area contributed by atoms with Crippen LogP contribution in [0.3, 0.4) is 0 Å². The van der Waals surface area contributed by atoms with Crippen molar-refractivity contribution in [3.63, 3.8) is 0 Å². The highest BCUT2D eigenvalue weighted by molar-refractivity contribution is 5.91. The standard InChI is InChI=1S/C22H23NO4/c1-25-16-20-11-12-21(27-20)22(24)23-14-13-17-7-9-19(10-8-17)26-15-18-5-3-2-4-6-18/h2-12H,13-16H2,1H3,(H,23,24). The van der Waals surface area contributed by atoms with Gasteiger partial charge in [-0.15, -0.1) is 0 Å². The Labute approximate surface area is 158 Å². The molecule has 5 heteroatoms. The first-order chi connectivity index (χ1) is 13.2. The Morgan fingerprint density at radius 3 is 2.44 bits per heavy atom. The minimum atomic E-state index is -0.222. The van der Waals surface area contributed by atoms with Gasteiger partial charge in [0.25, 0.3) is 5.91 Å². The van der Waals surface area contributed by atoms with E-state index in [-0.39, 0.29) is 5.91 Å². The van der Waals surface area contributed by atoms with Crippen molar-refractivity contribution < 1.29 is 18.7 Å². The number of nitrogens with one attached hydrogen (secondary N) is 1.